The SMILES string of the molecule is Cn1c(CCNC(=O)Cn2cc(Br)c(=O)[nH]c2=O)nc2ccccc21. The van der Waals surface area contributed by atoms with Crippen molar-refractivity contribution in [3.63, 3.8) is 0 Å². The topological polar surface area (TPSA) is 102 Å². The van der Waals surface area contributed by atoms with Gasteiger partial charge in [-0.15, -0.1) is 0 Å². The van der Waals surface area contributed by atoms with Crippen molar-refractivity contribution in [1.82, 2.24) is 24.4 Å². The predicted octanol–water partition coefficient (Wildman–Crippen LogP) is 0.545. The lowest BCUT2D eigenvalue weighted by molar-refractivity contribution is -0.121. The van der Waals surface area contributed by atoms with Gasteiger partial charge in [0.15, 0.2) is 0 Å². The van der Waals surface area contributed by atoms with E-state index in [1.807, 2.05) is 35.9 Å². The summed E-state index contributed by atoms with van der Waals surface area (Å²) in [5.74, 6) is 0.547. The first-order valence-corrected chi connectivity index (χ1v) is 8.41. The number of hydrogen-bond donors (Lipinski definition) is 2. The van der Waals surface area contributed by atoms with Gasteiger partial charge in [0.05, 0.1) is 15.5 Å². The van der Waals surface area contributed by atoms with Gasteiger partial charge in [-0.1, -0.05) is 12.1 Å². The standard InChI is InChI=1S/C16H16BrN5O3/c1-21-12-5-3-2-4-11(12)19-13(21)6-7-18-14(23)9-22-8-10(17)15(24)20-16(22)25/h2-5,8H,6-7,9H2,1H3,(H,18,23)(H,20,24,25). The van der Waals surface area contributed by atoms with Crippen molar-refractivity contribution in [3.05, 3.63) is 61.6 Å². The van der Waals surface area contributed by atoms with Crippen molar-refractivity contribution in [2.75, 3.05) is 6.54 Å². The van der Waals surface area contributed by atoms with E-state index >= 15 is 0 Å². The zero-order valence-corrected chi connectivity index (χ0v) is 15.0. The van der Waals surface area contributed by atoms with E-state index in [4.69, 9.17) is 0 Å². The minimum absolute atomic E-state index is 0.170. The number of nitrogens with one attached hydrogen (secondary N) is 2. The normalized spacial score (nSPS) is 11.0. The molecule has 0 saturated heterocycles. The number of rotatable bonds is 5. The smallest absolute Gasteiger partial charge is 0.328 e. The molecule has 130 valence electrons. The molecule has 1 aromatic carbocycles. The van der Waals surface area contributed by atoms with Crippen LogP contribution in [-0.4, -0.2) is 31.6 Å². The van der Waals surface area contributed by atoms with Gasteiger partial charge in [0.2, 0.25) is 5.91 Å². The maximum absolute atomic E-state index is 12.0. The molecule has 25 heavy (non-hydrogen) atoms. The van der Waals surface area contributed by atoms with E-state index in [0.717, 1.165) is 21.4 Å². The second-order valence-corrected chi connectivity index (χ2v) is 6.39. The van der Waals surface area contributed by atoms with Crippen LogP contribution in [0.3, 0.4) is 0 Å². The Morgan fingerprint density at radius 1 is 1.32 bits per heavy atom. The number of benzene rings is 1. The molecule has 0 aliphatic carbocycles. The highest BCUT2D eigenvalue weighted by Gasteiger charge is 2.09. The molecule has 0 fully saturated rings. The summed E-state index contributed by atoms with van der Waals surface area (Å²) in [4.78, 5) is 41.6. The van der Waals surface area contributed by atoms with E-state index in [-0.39, 0.29) is 16.9 Å². The molecule has 8 nitrogen and oxygen atoms in total. The maximum atomic E-state index is 12.0. The number of nitrogens with zero attached hydrogens (tertiary/aromatic N) is 3. The number of hydrogen-bond acceptors (Lipinski definition) is 4. The molecule has 0 aliphatic heterocycles. The largest absolute Gasteiger partial charge is 0.354 e. The van der Waals surface area contributed by atoms with Gasteiger partial charge >= 0.3 is 5.69 Å². The van der Waals surface area contributed by atoms with Gasteiger partial charge < -0.3 is 9.88 Å². The number of carbonyl (C=O) groups is 1. The fraction of sp³-hybridized carbons (Fsp3) is 0.250. The molecule has 1 amide bonds. The zero-order valence-electron chi connectivity index (χ0n) is 13.5. The Hall–Kier alpha value is -2.68. The minimum Gasteiger partial charge on any atom is -0.354 e. The first-order valence-electron chi connectivity index (χ1n) is 7.62. The molecule has 0 bridgehead atoms. The molecule has 9 heteroatoms. The van der Waals surface area contributed by atoms with Crippen molar-refractivity contribution in [1.29, 1.82) is 0 Å². The monoisotopic (exact) mass is 405 g/mol. The van der Waals surface area contributed by atoms with Crippen LogP contribution in [0.1, 0.15) is 5.82 Å². The van der Waals surface area contributed by atoms with E-state index in [0.29, 0.717) is 13.0 Å². The summed E-state index contributed by atoms with van der Waals surface area (Å²) in [6, 6.07) is 7.82. The minimum atomic E-state index is -0.626. The number of para-hydroxylation sites is 2. The van der Waals surface area contributed by atoms with Gasteiger partial charge in [-0.25, -0.2) is 9.78 Å². The van der Waals surface area contributed by atoms with Crippen LogP contribution < -0.4 is 16.6 Å². The zero-order chi connectivity index (χ0) is 18.0. The molecule has 2 aromatic heterocycles. The number of aromatic nitrogens is 4. The number of aryl methyl sites for hydroxylation is 1. The molecule has 3 aromatic rings. The maximum Gasteiger partial charge on any atom is 0.328 e. The molecule has 0 radical (unpaired) electrons. The average Bonchev–Trinajstić information content (AvgIpc) is 2.89. The Kier molecular flexibility index (Phi) is 4.84. The first-order chi connectivity index (χ1) is 12.0. The van der Waals surface area contributed by atoms with Gasteiger partial charge in [-0.2, -0.15) is 0 Å². The number of amides is 1. The van der Waals surface area contributed by atoms with Crippen LogP contribution in [0.25, 0.3) is 11.0 Å². The number of fused-ring (bicyclic) bond motifs is 1. The Bertz CT molecular complexity index is 1050. The molecular weight excluding hydrogens is 390 g/mol. The quantitative estimate of drug-likeness (QED) is 0.646. The predicted molar refractivity (Wildman–Crippen MR) is 96.5 cm³/mol. The Morgan fingerprint density at radius 3 is 2.84 bits per heavy atom. The first kappa shape index (κ1) is 17.2. The summed E-state index contributed by atoms with van der Waals surface area (Å²) in [5, 5.41) is 2.75. The lowest BCUT2D eigenvalue weighted by atomic mass is 10.3. The molecule has 0 atom stereocenters. The van der Waals surface area contributed by atoms with Crippen LogP contribution >= 0.6 is 15.9 Å². The summed E-state index contributed by atoms with van der Waals surface area (Å²) < 4.78 is 3.32. The highest BCUT2D eigenvalue weighted by atomic mass is 79.9. The second kappa shape index (κ2) is 7.06. The fourth-order valence-corrected chi connectivity index (χ4v) is 2.89. The summed E-state index contributed by atoms with van der Waals surface area (Å²) >= 11 is 3.03. The van der Waals surface area contributed by atoms with Crippen molar-refractivity contribution in [2.24, 2.45) is 7.05 Å². The molecule has 0 spiro atoms. The van der Waals surface area contributed by atoms with E-state index < -0.39 is 11.2 Å². The highest BCUT2D eigenvalue weighted by Crippen LogP contribution is 2.14. The number of carbonyl (C=O) groups excluding carboxylic acids is 1. The Balaban J connectivity index is 1.61. The van der Waals surface area contributed by atoms with E-state index in [9.17, 15) is 14.4 Å². The second-order valence-electron chi connectivity index (χ2n) is 5.54. The summed E-state index contributed by atoms with van der Waals surface area (Å²) in [7, 11) is 1.93. The van der Waals surface area contributed by atoms with Crippen LogP contribution in [0.2, 0.25) is 0 Å². The summed E-state index contributed by atoms with van der Waals surface area (Å²) in [5.41, 5.74) is 0.798. The third-order valence-corrected chi connectivity index (χ3v) is 4.40. The molecule has 0 unspecified atom stereocenters. The van der Waals surface area contributed by atoms with E-state index in [2.05, 4.69) is 31.2 Å². The van der Waals surface area contributed by atoms with E-state index in [1.54, 1.807) is 0 Å². The van der Waals surface area contributed by atoms with Crippen LogP contribution in [0.4, 0.5) is 0 Å². The van der Waals surface area contributed by atoms with Gasteiger partial charge in [-0.05, 0) is 28.1 Å². The molecule has 0 saturated carbocycles. The van der Waals surface area contributed by atoms with Crippen molar-refractivity contribution in [2.45, 2.75) is 13.0 Å². The fourth-order valence-electron chi connectivity index (χ4n) is 2.54. The van der Waals surface area contributed by atoms with E-state index in [1.165, 1.54) is 6.20 Å². The van der Waals surface area contributed by atoms with Gasteiger partial charge in [-0.3, -0.25) is 19.1 Å². The average molecular weight is 406 g/mol. The van der Waals surface area contributed by atoms with Crippen molar-refractivity contribution < 1.29 is 4.79 Å². The van der Waals surface area contributed by atoms with Crippen molar-refractivity contribution >= 4 is 32.9 Å². The number of aromatic amines is 1. The third-order valence-electron chi connectivity index (χ3n) is 3.83. The number of halogens is 1. The van der Waals surface area contributed by atoms with Crippen LogP contribution in [-0.2, 0) is 24.8 Å². The molecular formula is C16H16BrN5O3. The molecule has 0 aliphatic rings. The molecule has 2 N–H and O–H groups in total. The van der Waals surface area contributed by atoms with Crippen LogP contribution in [0, 0.1) is 0 Å². The summed E-state index contributed by atoms with van der Waals surface area (Å²) in [6.07, 6.45) is 1.87. The van der Waals surface area contributed by atoms with Crippen LogP contribution in [0.15, 0.2) is 44.5 Å². The molecule has 3 rings (SSSR count). The third kappa shape index (κ3) is 3.71. The summed E-state index contributed by atoms with van der Waals surface area (Å²) in [6.45, 7) is 0.228. The number of imidazole rings is 1. The van der Waals surface area contributed by atoms with Gasteiger partial charge in [0.25, 0.3) is 5.56 Å². The highest BCUT2D eigenvalue weighted by molar-refractivity contribution is 9.10. The van der Waals surface area contributed by atoms with Crippen molar-refractivity contribution in [3.8, 4) is 0 Å². The lowest BCUT2D eigenvalue weighted by Crippen LogP contribution is -2.36. The Labute approximate surface area is 150 Å². The van der Waals surface area contributed by atoms with Crippen LogP contribution in [0.5, 0.6) is 0 Å². The molecule has 2 heterocycles. The van der Waals surface area contributed by atoms with Gasteiger partial charge in [0, 0.05) is 26.2 Å². The Morgan fingerprint density at radius 2 is 2.08 bits per heavy atom. The lowest BCUT2D eigenvalue weighted by Gasteiger charge is -2.07. The van der Waals surface area contributed by atoms with Gasteiger partial charge in [0.1, 0.15) is 12.4 Å². The number of H-pyrrole nitrogens is 1.